The van der Waals surface area contributed by atoms with Gasteiger partial charge in [-0.05, 0) is 63.1 Å². The van der Waals surface area contributed by atoms with Gasteiger partial charge in [-0.25, -0.2) is 0 Å². The fourth-order valence-corrected chi connectivity index (χ4v) is 7.77. The molecule has 4 saturated carbocycles. The predicted octanol–water partition coefficient (Wildman–Crippen LogP) is 6.14. The van der Waals surface area contributed by atoms with Crippen LogP contribution in [0.5, 0.6) is 0 Å². The van der Waals surface area contributed by atoms with Gasteiger partial charge in [-0.15, -0.1) is 11.3 Å². The Hall–Kier alpha value is -2.63. The maximum atomic E-state index is 13.6. The third-order valence-corrected chi connectivity index (χ3v) is 9.86. The van der Waals surface area contributed by atoms with E-state index in [0.29, 0.717) is 17.4 Å². The van der Waals surface area contributed by atoms with Gasteiger partial charge in [-0.3, -0.25) is 19.5 Å². The summed E-state index contributed by atoms with van der Waals surface area (Å²) in [5, 5.41) is 17.5. The average molecular weight is 540 g/mol. The van der Waals surface area contributed by atoms with Crippen molar-refractivity contribution < 1.29 is 9.59 Å². The fraction of sp³-hybridized carbons (Fsp3) is 0.571. The molecule has 2 heterocycles. The first-order valence-electron chi connectivity index (χ1n) is 13.2. The predicted molar refractivity (Wildman–Crippen MR) is 147 cm³/mol. The summed E-state index contributed by atoms with van der Waals surface area (Å²) in [5.41, 5.74) is 1.26. The lowest BCUT2D eigenvalue weighted by Crippen LogP contribution is -2.75. The van der Waals surface area contributed by atoms with E-state index in [1.165, 1.54) is 24.2 Å². The Balaban J connectivity index is 1.34. The lowest BCUT2D eigenvalue weighted by molar-refractivity contribution is -0.146. The number of carbonyl (C=O) groups excluding carboxylic acids is 2. The molecule has 0 spiro atoms. The Labute approximate surface area is 227 Å². The SMILES string of the molecule is CC[C@@H](Nc1cc(Cl)cnc1C)c1ccc(N(C=O)[C@@H](CC2CCCC2)C(=O)NC23CC(C#N)(C2)C3)s1. The van der Waals surface area contributed by atoms with E-state index in [-0.39, 0.29) is 22.9 Å². The molecule has 0 aromatic carbocycles. The van der Waals surface area contributed by atoms with Crippen LogP contribution >= 0.6 is 22.9 Å². The number of hydrogen-bond acceptors (Lipinski definition) is 6. The number of halogens is 1. The monoisotopic (exact) mass is 539 g/mol. The summed E-state index contributed by atoms with van der Waals surface area (Å²) in [5.74, 6) is 0.352. The molecule has 37 heavy (non-hydrogen) atoms. The summed E-state index contributed by atoms with van der Waals surface area (Å²) in [6.07, 6.45) is 10.7. The molecule has 2 N–H and O–H groups in total. The number of aryl methyl sites for hydroxylation is 1. The molecule has 4 aliphatic carbocycles. The Kier molecular flexibility index (Phi) is 7.21. The van der Waals surface area contributed by atoms with E-state index in [1.807, 2.05) is 25.1 Å². The van der Waals surface area contributed by atoms with Crippen molar-refractivity contribution in [3.05, 3.63) is 40.0 Å². The Morgan fingerprint density at radius 2 is 2.08 bits per heavy atom. The molecule has 6 rings (SSSR count). The number of nitriles is 1. The van der Waals surface area contributed by atoms with E-state index in [4.69, 9.17) is 11.6 Å². The lowest BCUT2D eigenvalue weighted by Gasteiger charge is -2.67. The van der Waals surface area contributed by atoms with Gasteiger partial charge in [0.25, 0.3) is 0 Å². The molecule has 4 fully saturated rings. The van der Waals surface area contributed by atoms with Crippen LogP contribution < -0.4 is 15.5 Å². The quantitative estimate of drug-likeness (QED) is 0.334. The van der Waals surface area contributed by atoms with Crippen LogP contribution in [0.3, 0.4) is 0 Å². The van der Waals surface area contributed by atoms with Crippen LogP contribution in [0.25, 0.3) is 0 Å². The second-order valence-corrected chi connectivity index (χ2v) is 12.7. The molecule has 0 radical (unpaired) electrons. The molecule has 7 nitrogen and oxygen atoms in total. The molecule has 2 aromatic rings. The van der Waals surface area contributed by atoms with E-state index in [9.17, 15) is 14.9 Å². The van der Waals surface area contributed by atoms with Crippen molar-refractivity contribution in [3.8, 4) is 6.07 Å². The molecule has 2 amide bonds. The number of amides is 2. The van der Waals surface area contributed by atoms with Gasteiger partial charge in [0.1, 0.15) is 6.04 Å². The van der Waals surface area contributed by atoms with Crippen LogP contribution in [0.2, 0.25) is 5.02 Å². The number of hydrogen-bond donors (Lipinski definition) is 2. The van der Waals surface area contributed by atoms with Gasteiger partial charge >= 0.3 is 0 Å². The molecule has 2 aromatic heterocycles. The standard InChI is InChI=1S/C28H34ClN5O2S/c1-3-21(32-22-11-20(29)12-31-18(22)2)24-8-9-25(37-24)34(17-35)23(10-19-6-4-5-7-19)26(36)33-28-13-27(14-28,15-28)16-30/h8-9,11-12,17,19,21,23,32H,3-7,10,13-15H2,1-2H3,(H,33,36)/t21-,23+,27?,28?/m1/s1. The lowest BCUT2D eigenvalue weighted by atomic mass is 9.40. The zero-order valence-electron chi connectivity index (χ0n) is 21.4. The van der Waals surface area contributed by atoms with Gasteiger partial charge in [0, 0.05) is 16.6 Å². The van der Waals surface area contributed by atoms with Crippen LogP contribution in [0, 0.1) is 29.6 Å². The van der Waals surface area contributed by atoms with Crippen LogP contribution in [-0.4, -0.2) is 28.9 Å². The van der Waals surface area contributed by atoms with Crippen molar-refractivity contribution >= 4 is 45.9 Å². The van der Waals surface area contributed by atoms with Crippen molar-refractivity contribution in [1.82, 2.24) is 10.3 Å². The number of thiophene rings is 1. The second kappa shape index (κ2) is 10.3. The number of anilines is 2. The van der Waals surface area contributed by atoms with E-state index in [1.54, 1.807) is 11.1 Å². The van der Waals surface area contributed by atoms with Gasteiger partial charge in [-0.1, -0.05) is 44.2 Å². The zero-order valence-corrected chi connectivity index (χ0v) is 23.0. The highest BCUT2D eigenvalue weighted by atomic mass is 35.5. The number of nitrogens with one attached hydrogen (secondary N) is 2. The van der Waals surface area contributed by atoms with Gasteiger partial charge in [0.05, 0.1) is 38.9 Å². The second-order valence-electron chi connectivity index (χ2n) is 11.2. The molecule has 0 unspecified atom stereocenters. The maximum absolute atomic E-state index is 13.6. The highest BCUT2D eigenvalue weighted by molar-refractivity contribution is 7.16. The van der Waals surface area contributed by atoms with E-state index >= 15 is 0 Å². The number of rotatable bonds is 11. The number of pyridine rings is 1. The fourth-order valence-electron chi connectivity index (χ4n) is 6.46. The minimum atomic E-state index is -0.549. The van der Waals surface area contributed by atoms with Crippen molar-refractivity contribution in [2.45, 2.75) is 89.3 Å². The van der Waals surface area contributed by atoms with Crippen LogP contribution in [-0.2, 0) is 9.59 Å². The smallest absolute Gasteiger partial charge is 0.243 e. The first-order chi connectivity index (χ1) is 17.8. The number of aromatic nitrogens is 1. The molecular weight excluding hydrogens is 506 g/mol. The topological polar surface area (TPSA) is 98.1 Å². The van der Waals surface area contributed by atoms with Gasteiger partial charge in [0.15, 0.2) is 0 Å². The zero-order chi connectivity index (χ0) is 26.2. The van der Waals surface area contributed by atoms with Gasteiger partial charge in [-0.2, -0.15) is 5.26 Å². The molecule has 4 aliphatic rings. The average Bonchev–Trinajstić information content (AvgIpc) is 3.53. The van der Waals surface area contributed by atoms with Crippen LogP contribution in [0.4, 0.5) is 10.7 Å². The van der Waals surface area contributed by atoms with Crippen LogP contribution in [0.1, 0.15) is 81.3 Å². The summed E-state index contributed by atoms with van der Waals surface area (Å²) >= 11 is 7.71. The van der Waals surface area contributed by atoms with Crippen molar-refractivity contribution in [2.75, 3.05) is 10.2 Å². The Morgan fingerprint density at radius 1 is 1.35 bits per heavy atom. The van der Waals surface area contributed by atoms with E-state index in [0.717, 1.165) is 66.2 Å². The summed E-state index contributed by atoms with van der Waals surface area (Å²) in [6, 6.07) is 7.73. The van der Waals surface area contributed by atoms with Crippen molar-refractivity contribution in [3.63, 3.8) is 0 Å². The van der Waals surface area contributed by atoms with E-state index < -0.39 is 6.04 Å². The van der Waals surface area contributed by atoms with Crippen molar-refractivity contribution in [1.29, 1.82) is 5.26 Å². The van der Waals surface area contributed by atoms with E-state index in [2.05, 4.69) is 28.6 Å². The molecule has 9 heteroatoms. The Bertz CT molecular complexity index is 1200. The molecule has 0 aliphatic heterocycles. The van der Waals surface area contributed by atoms with Gasteiger partial charge < -0.3 is 10.6 Å². The minimum Gasteiger partial charge on any atom is -0.376 e. The molecule has 0 saturated heterocycles. The highest BCUT2D eigenvalue weighted by Gasteiger charge is 2.69. The highest BCUT2D eigenvalue weighted by Crippen LogP contribution is 2.66. The molecule has 2 atom stereocenters. The maximum Gasteiger partial charge on any atom is 0.243 e. The molecular formula is C28H34ClN5O2S. The Morgan fingerprint density at radius 3 is 2.73 bits per heavy atom. The third-order valence-electron chi connectivity index (χ3n) is 8.44. The first kappa shape index (κ1) is 26.0. The first-order valence-corrected chi connectivity index (χ1v) is 14.4. The largest absolute Gasteiger partial charge is 0.376 e. The summed E-state index contributed by atoms with van der Waals surface area (Å²) < 4.78 is 0. The minimum absolute atomic E-state index is 0.0243. The number of nitrogens with zero attached hydrogens (tertiary/aromatic N) is 3. The van der Waals surface area contributed by atoms with Gasteiger partial charge in [0.2, 0.25) is 12.3 Å². The summed E-state index contributed by atoms with van der Waals surface area (Å²) in [4.78, 5) is 33.1. The molecule has 196 valence electrons. The molecule has 2 bridgehead atoms. The van der Waals surface area contributed by atoms with Crippen LogP contribution in [0.15, 0.2) is 24.4 Å². The third kappa shape index (κ3) is 5.08. The van der Waals surface area contributed by atoms with Crippen molar-refractivity contribution in [2.24, 2.45) is 11.3 Å². The summed E-state index contributed by atoms with van der Waals surface area (Å²) in [6.45, 7) is 4.05. The number of carbonyl (C=O) groups is 2. The summed E-state index contributed by atoms with van der Waals surface area (Å²) in [7, 11) is 0. The normalized spacial score (nSPS) is 25.8.